The highest BCUT2D eigenvalue weighted by atomic mass is 79.9. The van der Waals surface area contributed by atoms with E-state index in [0.29, 0.717) is 11.8 Å². The minimum absolute atomic E-state index is 0.194. The van der Waals surface area contributed by atoms with Gasteiger partial charge in [0.25, 0.3) is 0 Å². The van der Waals surface area contributed by atoms with E-state index < -0.39 is 0 Å². The monoisotopic (exact) mass is 336 g/mol. The van der Waals surface area contributed by atoms with E-state index >= 15 is 0 Å². The maximum atomic E-state index is 11.3. The summed E-state index contributed by atoms with van der Waals surface area (Å²) in [6.07, 6.45) is 0.486. The second-order valence-corrected chi connectivity index (χ2v) is 4.57. The van der Waals surface area contributed by atoms with E-state index in [1.807, 2.05) is 18.2 Å². The first-order chi connectivity index (χ1) is 6.67. The molecule has 0 amide bonds. The zero-order chi connectivity index (χ0) is 10.6. The highest BCUT2D eigenvalue weighted by Gasteiger charge is 2.06. The first kappa shape index (κ1) is 12.3. The van der Waals surface area contributed by atoms with E-state index in [-0.39, 0.29) is 5.78 Å². The lowest BCUT2D eigenvalue weighted by atomic mass is 10.0. The molecule has 0 aliphatic rings. The van der Waals surface area contributed by atoms with Gasteiger partial charge in [-0.15, -0.1) is 12.6 Å². The Kier molecular flexibility index (Phi) is 5.20. The molecule has 0 aliphatic carbocycles. The zero-order valence-electron chi connectivity index (χ0n) is 7.46. The number of carbonyl (C=O) groups excluding carboxylic acids is 1. The molecule has 0 spiro atoms. The number of rotatable bonds is 4. The van der Waals surface area contributed by atoms with Gasteiger partial charge in [-0.25, -0.2) is 0 Å². The van der Waals surface area contributed by atoms with Gasteiger partial charge in [-0.2, -0.15) is 0 Å². The van der Waals surface area contributed by atoms with Gasteiger partial charge in [-0.3, -0.25) is 4.79 Å². The average molecular weight is 338 g/mol. The van der Waals surface area contributed by atoms with Crippen molar-refractivity contribution in [2.75, 3.05) is 5.33 Å². The summed E-state index contributed by atoms with van der Waals surface area (Å²) in [5.74, 6) is 0.194. The fourth-order valence-electron chi connectivity index (χ4n) is 1.17. The zero-order valence-corrected chi connectivity index (χ0v) is 11.5. The van der Waals surface area contributed by atoms with E-state index in [9.17, 15) is 4.79 Å². The van der Waals surface area contributed by atoms with Crippen LogP contribution in [0.25, 0.3) is 0 Å². The molecule has 0 atom stereocenters. The highest BCUT2D eigenvalue weighted by Crippen LogP contribution is 2.18. The fraction of sp³-hybridized carbons (Fsp3) is 0.300. The van der Waals surface area contributed by atoms with Crippen LogP contribution in [0.1, 0.15) is 11.1 Å². The van der Waals surface area contributed by atoms with Crippen molar-refractivity contribution in [3.05, 3.63) is 29.3 Å². The number of benzene rings is 1. The summed E-state index contributed by atoms with van der Waals surface area (Å²) in [6, 6.07) is 5.85. The molecule has 0 radical (unpaired) electrons. The van der Waals surface area contributed by atoms with Crippen LogP contribution in [-0.4, -0.2) is 11.1 Å². The number of thiol groups is 1. The van der Waals surface area contributed by atoms with Crippen LogP contribution >= 0.6 is 44.5 Å². The van der Waals surface area contributed by atoms with Crippen molar-refractivity contribution in [1.82, 2.24) is 0 Å². The minimum Gasteiger partial charge on any atom is -0.298 e. The average Bonchev–Trinajstić information content (AvgIpc) is 2.20. The maximum Gasteiger partial charge on any atom is 0.147 e. The largest absolute Gasteiger partial charge is 0.298 e. The molecule has 0 aliphatic heterocycles. The predicted molar refractivity (Wildman–Crippen MR) is 68.8 cm³/mol. The van der Waals surface area contributed by atoms with Crippen LogP contribution in [0.5, 0.6) is 0 Å². The molecule has 0 fully saturated rings. The molecule has 1 rings (SSSR count). The molecule has 76 valence electrons. The van der Waals surface area contributed by atoms with Crippen LogP contribution in [0, 0.1) is 0 Å². The summed E-state index contributed by atoms with van der Waals surface area (Å²) < 4.78 is 0. The summed E-state index contributed by atoms with van der Waals surface area (Å²) in [4.78, 5) is 12.2. The van der Waals surface area contributed by atoms with Crippen molar-refractivity contribution in [2.45, 2.75) is 16.6 Å². The minimum atomic E-state index is 0.194. The Morgan fingerprint density at radius 2 is 2.00 bits per heavy atom. The van der Waals surface area contributed by atoms with Crippen molar-refractivity contribution >= 4 is 50.3 Å². The summed E-state index contributed by atoms with van der Waals surface area (Å²) in [5, 5.41) is 1.17. The van der Waals surface area contributed by atoms with E-state index in [1.54, 1.807) is 0 Å². The molecule has 0 bridgehead atoms. The van der Waals surface area contributed by atoms with Crippen LogP contribution < -0.4 is 0 Å². The number of Topliss-reactive ketones (excluding diaryl/α,β-unsaturated/α-hetero) is 1. The van der Waals surface area contributed by atoms with Gasteiger partial charge in [0.2, 0.25) is 0 Å². The van der Waals surface area contributed by atoms with Crippen LogP contribution in [0.15, 0.2) is 23.1 Å². The van der Waals surface area contributed by atoms with E-state index in [0.717, 1.165) is 21.4 Å². The third-order valence-electron chi connectivity index (χ3n) is 1.87. The molecule has 1 aromatic carbocycles. The summed E-state index contributed by atoms with van der Waals surface area (Å²) in [6.45, 7) is 0. The van der Waals surface area contributed by atoms with Crippen LogP contribution in [0.2, 0.25) is 0 Å². The van der Waals surface area contributed by atoms with Crippen LogP contribution in [0.4, 0.5) is 0 Å². The quantitative estimate of drug-likeness (QED) is 0.658. The lowest BCUT2D eigenvalue weighted by molar-refractivity contribution is -0.115. The van der Waals surface area contributed by atoms with Gasteiger partial charge in [0.1, 0.15) is 5.78 Å². The maximum absolute atomic E-state index is 11.3. The normalized spacial score (nSPS) is 10.2. The van der Waals surface area contributed by atoms with Gasteiger partial charge in [0, 0.05) is 16.6 Å². The number of ketones is 1. The lowest BCUT2D eigenvalue weighted by Crippen LogP contribution is -2.05. The van der Waals surface area contributed by atoms with Gasteiger partial charge in [-0.05, 0) is 23.3 Å². The SMILES string of the molecule is O=C(CBr)Cc1ccc(S)cc1CBr. The third-order valence-corrected chi connectivity index (χ3v) is 3.38. The Morgan fingerprint density at radius 1 is 1.29 bits per heavy atom. The van der Waals surface area contributed by atoms with Crippen molar-refractivity contribution in [1.29, 1.82) is 0 Å². The lowest BCUT2D eigenvalue weighted by Gasteiger charge is -2.06. The molecule has 14 heavy (non-hydrogen) atoms. The predicted octanol–water partition coefficient (Wildman–Crippen LogP) is 3.38. The van der Waals surface area contributed by atoms with Gasteiger partial charge in [0.15, 0.2) is 0 Å². The molecule has 0 N–H and O–H groups in total. The first-order valence-electron chi connectivity index (χ1n) is 4.11. The molecule has 0 heterocycles. The standard InChI is InChI=1S/C10H10Br2OS/c11-5-8-4-10(14)2-1-7(8)3-9(13)6-12/h1-2,4,14H,3,5-6H2. The Hall–Kier alpha value is 0.200. The Labute approximate surface area is 106 Å². The molecule has 4 heteroatoms. The molecule has 1 nitrogen and oxygen atoms in total. The van der Waals surface area contributed by atoms with Crippen molar-refractivity contribution in [3.63, 3.8) is 0 Å². The number of hydrogen-bond donors (Lipinski definition) is 1. The van der Waals surface area contributed by atoms with Crippen LogP contribution in [-0.2, 0) is 16.5 Å². The summed E-state index contributed by atoms with van der Waals surface area (Å²) in [5.41, 5.74) is 2.20. The van der Waals surface area contributed by atoms with Gasteiger partial charge < -0.3 is 0 Å². The van der Waals surface area contributed by atoms with Crippen LogP contribution in [0.3, 0.4) is 0 Å². The van der Waals surface area contributed by atoms with E-state index in [1.165, 1.54) is 0 Å². The van der Waals surface area contributed by atoms with Gasteiger partial charge in [-0.1, -0.05) is 37.9 Å². The Morgan fingerprint density at radius 3 is 2.57 bits per heavy atom. The number of halogens is 2. The smallest absolute Gasteiger partial charge is 0.147 e. The van der Waals surface area contributed by atoms with E-state index in [2.05, 4.69) is 44.5 Å². The van der Waals surface area contributed by atoms with Crippen molar-refractivity contribution in [3.8, 4) is 0 Å². The summed E-state index contributed by atoms with van der Waals surface area (Å²) >= 11 is 10.8. The number of hydrogen-bond acceptors (Lipinski definition) is 2. The van der Waals surface area contributed by atoms with Crippen molar-refractivity contribution in [2.24, 2.45) is 0 Å². The fourth-order valence-corrected chi connectivity index (χ4v) is 2.12. The molecular formula is C10H10Br2OS. The third kappa shape index (κ3) is 3.41. The van der Waals surface area contributed by atoms with Gasteiger partial charge in [0.05, 0.1) is 5.33 Å². The number of alkyl halides is 2. The molecule has 0 saturated carbocycles. The molecular weight excluding hydrogens is 328 g/mol. The summed E-state index contributed by atoms with van der Waals surface area (Å²) in [7, 11) is 0. The van der Waals surface area contributed by atoms with Crippen molar-refractivity contribution < 1.29 is 4.79 Å². The Balaban J connectivity index is 2.90. The topological polar surface area (TPSA) is 17.1 Å². The second kappa shape index (κ2) is 5.93. The van der Waals surface area contributed by atoms with E-state index in [4.69, 9.17) is 0 Å². The molecule has 0 saturated heterocycles. The second-order valence-electron chi connectivity index (χ2n) is 2.94. The van der Waals surface area contributed by atoms with Gasteiger partial charge >= 0.3 is 0 Å². The number of carbonyl (C=O) groups is 1. The Bertz CT molecular complexity index is 339. The first-order valence-corrected chi connectivity index (χ1v) is 6.80. The molecule has 0 unspecified atom stereocenters. The molecule has 0 aromatic heterocycles. The highest BCUT2D eigenvalue weighted by molar-refractivity contribution is 9.09. The molecule has 1 aromatic rings.